The molecule has 0 heterocycles. The fourth-order valence-corrected chi connectivity index (χ4v) is 2.21. The van der Waals surface area contributed by atoms with Crippen molar-refractivity contribution in [3.63, 3.8) is 0 Å². The van der Waals surface area contributed by atoms with E-state index in [0.29, 0.717) is 10.8 Å². The molecule has 0 aromatic heterocycles. The van der Waals surface area contributed by atoms with Crippen LogP contribution in [-0.2, 0) is 4.79 Å². The first-order chi connectivity index (χ1) is 9.97. The van der Waals surface area contributed by atoms with Gasteiger partial charge in [-0.3, -0.25) is 4.79 Å². The van der Waals surface area contributed by atoms with Crippen LogP contribution in [0.15, 0.2) is 42.5 Å². The number of carbonyl (C=O) groups excluding carboxylic acids is 1. The highest BCUT2D eigenvalue weighted by Crippen LogP contribution is 2.21. The summed E-state index contributed by atoms with van der Waals surface area (Å²) in [6.07, 6.45) is -0.609. The van der Waals surface area contributed by atoms with Crippen LogP contribution in [0.2, 0.25) is 5.02 Å². The Morgan fingerprint density at radius 1 is 1.14 bits per heavy atom. The molecule has 1 N–H and O–H groups in total. The van der Waals surface area contributed by atoms with E-state index in [1.54, 1.807) is 31.2 Å². The van der Waals surface area contributed by atoms with Crippen molar-refractivity contribution in [3.8, 4) is 5.75 Å². The van der Waals surface area contributed by atoms with E-state index in [1.165, 1.54) is 0 Å². The van der Waals surface area contributed by atoms with Crippen molar-refractivity contribution in [2.45, 2.75) is 26.9 Å². The summed E-state index contributed by atoms with van der Waals surface area (Å²) in [5.74, 6) is 0.388. The van der Waals surface area contributed by atoms with Crippen molar-refractivity contribution in [1.29, 1.82) is 0 Å². The molecular formula is C17H18ClNO2. The molecule has 0 radical (unpaired) electrons. The Kier molecular flexibility index (Phi) is 4.86. The fourth-order valence-electron chi connectivity index (χ4n) is 2.03. The Bertz CT molecular complexity index is 635. The van der Waals surface area contributed by atoms with Crippen LogP contribution in [0.3, 0.4) is 0 Å². The predicted octanol–water partition coefficient (Wildman–Crippen LogP) is 4.36. The number of hydrogen-bond donors (Lipinski definition) is 1. The molecule has 1 atom stereocenters. The minimum Gasteiger partial charge on any atom is -0.481 e. The third-order valence-electron chi connectivity index (χ3n) is 3.21. The summed E-state index contributed by atoms with van der Waals surface area (Å²) >= 11 is 5.90. The van der Waals surface area contributed by atoms with Gasteiger partial charge >= 0.3 is 0 Å². The first-order valence-electron chi connectivity index (χ1n) is 6.76. The number of anilines is 1. The summed E-state index contributed by atoms with van der Waals surface area (Å²) in [6, 6.07) is 12.9. The molecule has 4 heteroatoms. The van der Waals surface area contributed by atoms with E-state index in [9.17, 15) is 4.79 Å². The topological polar surface area (TPSA) is 38.3 Å². The number of carbonyl (C=O) groups is 1. The summed E-state index contributed by atoms with van der Waals surface area (Å²) in [7, 11) is 0. The van der Waals surface area contributed by atoms with Crippen molar-refractivity contribution in [1.82, 2.24) is 0 Å². The normalized spacial score (nSPS) is 11.8. The van der Waals surface area contributed by atoms with Gasteiger partial charge in [0.2, 0.25) is 0 Å². The molecule has 1 amide bonds. The average Bonchev–Trinajstić information content (AvgIpc) is 2.43. The van der Waals surface area contributed by atoms with Crippen molar-refractivity contribution in [3.05, 3.63) is 58.6 Å². The number of aryl methyl sites for hydroxylation is 2. The largest absolute Gasteiger partial charge is 0.481 e. The molecule has 2 aromatic carbocycles. The van der Waals surface area contributed by atoms with E-state index in [1.807, 2.05) is 32.0 Å². The predicted molar refractivity (Wildman–Crippen MR) is 86.1 cm³/mol. The van der Waals surface area contributed by atoms with Gasteiger partial charge in [-0.1, -0.05) is 35.9 Å². The first kappa shape index (κ1) is 15.4. The van der Waals surface area contributed by atoms with E-state index in [-0.39, 0.29) is 5.91 Å². The Balaban J connectivity index is 2.06. The number of nitrogens with one attached hydrogen (secondary N) is 1. The minimum atomic E-state index is -0.609. The standard InChI is InChI=1S/C17H18ClNO2/c1-11-6-4-7-12(2)16(11)19-17(20)13(3)21-15-9-5-8-14(18)10-15/h4-10,13H,1-3H3,(H,19,20)/t13-/m0/s1. The van der Waals surface area contributed by atoms with Crippen LogP contribution in [0.5, 0.6) is 5.75 Å². The third kappa shape index (κ3) is 3.99. The van der Waals surface area contributed by atoms with Crippen molar-refractivity contribution < 1.29 is 9.53 Å². The van der Waals surface area contributed by atoms with Gasteiger partial charge in [-0.05, 0) is 50.1 Å². The molecule has 0 bridgehead atoms. The zero-order chi connectivity index (χ0) is 15.4. The number of para-hydroxylation sites is 1. The van der Waals surface area contributed by atoms with Gasteiger partial charge in [0.1, 0.15) is 5.75 Å². The second-order valence-electron chi connectivity index (χ2n) is 4.97. The maximum absolute atomic E-state index is 12.2. The second kappa shape index (κ2) is 6.64. The van der Waals surface area contributed by atoms with Gasteiger partial charge in [0.05, 0.1) is 0 Å². The Hall–Kier alpha value is -2.00. The molecular weight excluding hydrogens is 286 g/mol. The van der Waals surface area contributed by atoms with Crippen molar-refractivity contribution in [2.75, 3.05) is 5.32 Å². The van der Waals surface area contributed by atoms with Crippen molar-refractivity contribution in [2.24, 2.45) is 0 Å². The molecule has 0 aliphatic heterocycles. The highest BCUT2D eigenvalue weighted by Gasteiger charge is 2.16. The lowest BCUT2D eigenvalue weighted by Crippen LogP contribution is -2.30. The molecule has 2 rings (SSSR count). The molecule has 0 saturated heterocycles. The molecule has 0 unspecified atom stereocenters. The molecule has 3 nitrogen and oxygen atoms in total. The van der Waals surface area contributed by atoms with Crippen LogP contribution in [0.25, 0.3) is 0 Å². The third-order valence-corrected chi connectivity index (χ3v) is 3.44. The number of hydrogen-bond acceptors (Lipinski definition) is 2. The lowest BCUT2D eigenvalue weighted by atomic mass is 10.1. The number of benzene rings is 2. The van der Waals surface area contributed by atoms with Gasteiger partial charge in [0.15, 0.2) is 6.10 Å². The van der Waals surface area contributed by atoms with E-state index in [4.69, 9.17) is 16.3 Å². The Morgan fingerprint density at radius 2 is 1.76 bits per heavy atom. The van der Waals surface area contributed by atoms with Gasteiger partial charge in [-0.25, -0.2) is 0 Å². The molecule has 2 aromatic rings. The monoisotopic (exact) mass is 303 g/mol. The molecule has 0 spiro atoms. The zero-order valence-corrected chi connectivity index (χ0v) is 13.1. The van der Waals surface area contributed by atoms with Crippen LogP contribution in [0.1, 0.15) is 18.1 Å². The lowest BCUT2D eigenvalue weighted by molar-refractivity contribution is -0.122. The van der Waals surface area contributed by atoms with Gasteiger partial charge in [0.25, 0.3) is 5.91 Å². The molecule has 0 saturated carbocycles. The number of ether oxygens (including phenoxy) is 1. The van der Waals surface area contributed by atoms with Gasteiger partial charge in [-0.15, -0.1) is 0 Å². The second-order valence-corrected chi connectivity index (χ2v) is 5.41. The summed E-state index contributed by atoms with van der Waals surface area (Å²) in [4.78, 5) is 12.2. The quantitative estimate of drug-likeness (QED) is 0.911. The maximum Gasteiger partial charge on any atom is 0.265 e. The van der Waals surface area contributed by atoms with Gasteiger partial charge < -0.3 is 10.1 Å². The van der Waals surface area contributed by atoms with Crippen LogP contribution in [0.4, 0.5) is 5.69 Å². The maximum atomic E-state index is 12.2. The zero-order valence-electron chi connectivity index (χ0n) is 12.3. The molecule has 21 heavy (non-hydrogen) atoms. The van der Waals surface area contributed by atoms with Crippen LogP contribution in [-0.4, -0.2) is 12.0 Å². The summed E-state index contributed by atoms with van der Waals surface area (Å²) in [6.45, 7) is 5.64. The van der Waals surface area contributed by atoms with E-state index >= 15 is 0 Å². The number of amides is 1. The Morgan fingerprint density at radius 3 is 2.38 bits per heavy atom. The summed E-state index contributed by atoms with van der Waals surface area (Å²) in [5, 5.41) is 3.49. The number of halogens is 1. The first-order valence-corrected chi connectivity index (χ1v) is 7.14. The molecule has 110 valence electrons. The van der Waals surface area contributed by atoms with Crippen molar-refractivity contribution >= 4 is 23.2 Å². The minimum absolute atomic E-state index is 0.188. The molecule has 0 aliphatic rings. The number of rotatable bonds is 4. The smallest absolute Gasteiger partial charge is 0.265 e. The van der Waals surface area contributed by atoms with Crippen LogP contribution < -0.4 is 10.1 Å². The highest BCUT2D eigenvalue weighted by atomic mass is 35.5. The van der Waals surface area contributed by atoms with Crippen LogP contribution in [0, 0.1) is 13.8 Å². The van der Waals surface area contributed by atoms with Crippen LogP contribution >= 0.6 is 11.6 Å². The van der Waals surface area contributed by atoms with E-state index in [0.717, 1.165) is 16.8 Å². The summed E-state index contributed by atoms with van der Waals surface area (Å²) < 4.78 is 5.61. The van der Waals surface area contributed by atoms with Gasteiger partial charge in [0, 0.05) is 10.7 Å². The van der Waals surface area contributed by atoms with Gasteiger partial charge in [-0.2, -0.15) is 0 Å². The molecule has 0 fully saturated rings. The SMILES string of the molecule is Cc1cccc(C)c1NC(=O)[C@H](C)Oc1cccc(Cl)c1. The van der Waals surface area contributed by atoms with E-state index in [2.05, 4.69) is 5.32 Å². The summed E-state index contributed by atoms with van der Waals surface area (Å²) in [5.41, 5.74) is 2.89. The fraction of sp³-hybridized carbons (Fsp3) is 0.235. The lowest BCUT2D eigenvalue weighted by Gasteiger charge is -2.17. The highest BCUT2D eigenvalue weighted by molar-refractivity contribution is 6.30. The Labute approximate surface area is 129 Å². The molecule has 0 aliphatic carbocycles. The average molecular weight is 304 g/mol. The van der Waals surface area contributed by atoms with E-state index < -0.39 is 6.10 Å².